The lowest BCUT2D eigenvalue weighted by Crippen LogP contribution is -2.53. The molecular formula is C13H26N2O3. The van der Waals surface area contributed by atoms with Gasteiger partial charge in [-0.1, -0.05) is 41.0 Å². The lowest BCUT2D eigenvalue weighted by Gasteiger charge is -2.28. The summed E-state index contributed by atoms with van der Waals surface area (Å²) in [4.78, 5) is 22.9. The number of hydrogen-bond donors (Lipinski definition) is 3. The third kappa shape index (κ3) is 5.89. The molecule has 0 radical (unpaired) electrons. The minimum absolute atomic E-state index is 0.101. The molecule has 0 aliphatic rings. The molecular weight excluding hydrogens is 232 g/mol. The number of urea groups is 1. The summed E-state index contributed by atoms with van der Waals surface area (Å²) >= 11 is 0. The molecule has 0 bridgehead atoms. The van der Waals surface area contributed by atoms with E-state index in [2.05, 4.69) is 17.6 Å². The maximum atomic E-state index is 11.8. The van der Waals surface area contributed by atoms with E-state index in [9.17, 15) is 9.59 Å². The predicted molar refractivity (Wildman–Crippen MR) is 71.5 cm³/mol. The molecule has 0 saturated carbocycles. The van der Waals surface area contributed by atoms with Gasteiger partial charge in [0.1, 0.15) is 6.04 Å². The summed E-state index contributed by atoms with van der Waals surface area (Å²) in [5.74, 6) is -1.01. The van der Waals surface area contributed by atoms with Crippen molar-refractivity contribution < 1.29 is 14.7 Å². The van der Waals surface area contributed by atoms with Crippen molar-refractivity contribution in [3.63, 3.8) is 0 Å². The summed E-state index contributed by atoms with van der Waals surface area (Å²) in [5.41, 5.74) is -0.518. The van der Waals surface area contributed by atoms with Crippen LogP contribution in [0.1, 0.15) is 53.9 Å². The standard InChI is InChI=1S/C13H26N2O3/c1-6-8-9(7-2)14-12(18)15-10(11(16)17)13(3,4)5/h9-10H,6-8H2,1-5H3,(H,16,17)(H2,14,15,18)/t9?,10-/m0/s1. The Hall–Kier alpha value is -1.26. The number of nitrogens with one attached hydrogen (secondary N) is 2. The van der Waals surface area contributed by atoms with Crippen LogP contribution < -0.4 is 10.6 Å². The van der Waals surface area contributed by atoms with Gasteiger partial charge in [0.05, 0.1) is 0 Å². The average Bonchev–Trinajstić information content (AvgIpc) is 2.23. The Morgan fingerprint density at radius 2 is 1.72 bits per heavy atom. The number of carbonyl (C=O) groups excluding carboxylic acids is 1. The van der Waals surface area contributed by atoms with Crippen molar-refractivity contribution in [2.75, 3.05) is 0 Å². The highest BCUT2D eigenvalue weighted by molar-refractivity contribution is 5.83. The fraction of sp³-hybridized carbons (Fsp3) is 0.846. The van der Waals surface area contributed by atoms with Gasteiger partial charge in [0.2, 0.25) is 0 Å². The number of aliphatic carboxylic acids is 1. The first-order valence-electron chi connectivity index (χ1n) is 6.52. The zero-order chi connectivity index (χ0) is 14.3. The van der Waals surface area contributed by atoms with E-state index in [0.717, 1.165) is 19.3 Å². The Morgan fingerprint density at radius 3 is 2.06 bits per heavy atom. The molecule has 0 aromatic carbocycles. The third-order valence-electron chi connectivity index (χ3n) is 2.85. The number of carbonyl (C=O) groups is 2. The van der Waals surface area contributed by atoms with E-state index in [4.69, 9.17) is 5.11 Å². The first-order valence-corrected chi connectivity index (χ1v) is 6.52. The van der Waals surface area contributed by atoms with Crippen LogP contribution in [0.3, 0.4) is 0 Å². The van der Waals surface area contributed by atoms with Gasteiger partial charge in [0.15, 0.2) is 0 Å². The van der Waals surface area contributed by atoms with Gasteiger partial charge < -0.3 is 15.7 Å². The molecule has 5 heteroatoms. The molecule has 0 rings (SSSR count). The van der Waals surface area contributed by atoms with Crippen LogP contribution in [0.5, 0.6) is 0 Å². The predicted octanol–water partition coefficient (Wildman–Crippen LogP) is 2.36. The monoisotopic (exact) mass is 258 g/mol. The summed E-state index contributed by atoms with van der Waals surface area (Å²) in [6.07, 6.45) is 2.73. The molecule has 0 fully saturated rings. The molecule has 0 saturated heterocycles. The first-order chi connectivity index (χ1) is 8.22. The highest BCUT2D eigenvalue weighted by Gasteiger charge is 2.32. The summed E-state index contributed by atoms with van der Waals surface area (Å²) in [6.45, 7) is 9.41. The van der Waals surface area contributed by atoms with E-state index >= 15 is 0 Å². The Bertz CT molecular complexity index is 284. The Morgan fingerprint density at radius 1 is 1.17 bits per heavy atom. The normalized spacial score (nSPS) is 14.7. The largest absolute Gasteiger partial charge is 0.480 e. The molecule has 0 heterocycles. The lowest BCUT2D eigenvalue weighted by atomic mass is 9.87. The van der Waals surface area contributed by atoms with Crippen LogP contribution in [0.15, 0.2) is 0 Å². The highest BCUT2D eigenvalue weighted by Crippen LogP contribution is 2.19. The minimum atomic E-state index is -1.01. The minimum Gasteiger partial charge on any atom is -0.480 e. The number of hydrogen-bond acceptors (Lipinski definition) is 2. The number of carboxylic acids is 1. The van der Waals surface area contributed by atoms with Crippen molar-refractivity contribution in [1.29, 1.82) is 0 Å². The highest BCUT2D eigenvalue weighted by atomic mass is 16.4. The van der Waals surface area contributed by atoms with E-state index in [1.54, 1.807) is 20.8 Å². The molecule has 106 valence electrons. The molecule has 2 atom stereocenters. The van der Waals surface area contributed by atoms with Crippen LogP contribution in [0.4, 0.5) is 4.79 Å². The fourth-order valence-corrected chi connectivity index (χ4v) is 1.73. The quantitative estimate of drug-likeness (QED) is 0.684. The molecule has 0 aromatic heterocycles. The van der Waals surface area contributed by atoms with E-state index in [1.807, 2.05) is 6.92 Å². The van der Waals surface area contributed by atoms with Crippen LogP contribution >= 0.6 is 0 Å². The van der Waals surface area contributed by atoms with Crippen molar-refractivity contribution in [3.05, 3.63) is 0 Å². The average molecular weight is 258 g/mol. The Balaban J connectivity index is 4.48. The van der Waals surface area contributed by atoms with Crippen LogP contribution in [-0.2, 0) is 4.79 Å². The molecule has 0 aliphatic heterocycles. The maximum Gasteiger partial charge on any atom is 0.326 e. The van der Waals surface area contributed by atoms with Gasteiger partial charge in [0.25, 0.3) is 0 Å². The van der Waals surface area contributed by atoms with E-state index in [0.29, 0.717) is 0 Å². The van der Waals surface area contributed by atoms with Crippen molar-refractivity contribution >= 4 is 12.0 Å². The topological polar surface area (TPSA) is 78.4 Å². The molecule has 3 N–H and O–H groups in total. The Kier molecular flexibility index (Phi) is 6.73. The van der Waals surface area contributed by atoms with Gasteiger partial charge in [-0.3, -0.25) is 0 Å². The van der Waals surface area contributed by atoms with Crippen LogP contribution in [0.2, 0.25) is 0 Å². The number of amides is 2. The van der Waals surface area contributed by atoms with Crippen molar-refractivity contribution in [2.45, 2.75) is 66.0 Å². The molecule has 5 nitrogen and oxygen atoms in total. The van der Waals surface area contributed by atoms with Gasteiger partial charge in [-0.15, -0.1) is 0 Å². The fourth-order valence-electron chi connectivity index (χ4n) is 1.73. The van der Waals surface area contributed by atoms with Gasteiger partial charge in [-0.2, -0.15) is 0 Å². The van der Waals surface area contributed by atoms with Gasteiger partial charge >= 0.3 is 12.0 Å². The maximum absolute atomic E-state index is 11.8. The zero-order valence-corrected chi connectivity index (χ0v) is 12.0. The molecule has 0 aliphatic carbocycles. The van der Waals surface area contributed by atoms with Crippen LogP contribution in [0, 0.1) is 5.41 Å². The molecule has 0 spiro atoms. The number of carboxylic acid groups (broad SMARTS) is 1. The van der Waals surface area contributed by atoms with Crippen LogP contribution in [0.25, 0.3) is 0 Å². The van der Waals surface area contributed by atoms with Gasteiger partial charge in [0, 0.05) is 6.04 Å². The summed E-state index contributed by atoms with van der Waals surface area (Å²) < 4.78 is 0. The summed E-state index contributed by atoms with van der Waals surface area (Å²) in [6, 6.07) is -1.20. The SMILES string of the molecule is CCCC(CC)NC(=O)N[C@@H](C(=O)O)C(C)(C)C. The molecule has 0 aromatic rings. The van der Waals surface area contributed by atoms with E-state index in [1.165, 1.54) is 0 Å². The zero-order valence-electron chi connectivity index (χ0n) is 12.0. The van der Waals surface area contributed by atoms with Gasteiger partial charge in [-0.25, -0.2) is 9.59 Å². The molecule has 2 amide bonds. The summed E-state index contributed by atoms with van der Waals surface area (Å²) in [7, 11) is 0. The smallest absolute Gasteiger partial charge is 0.326 e. The van der Waals surface area contributed by atoms with E-state index < -0.39 is 23.5 Å². The second-order valence-corrected chi connectivity index (χ2v) is 5.65. The van der Waals surface area contributed by atoms with E-state index in [-0.39, 0.29) is 6.04 Å². The van der Waals surface area contributed by atoms with Crippen LogP contribution in [-0.4, -0.2) is 29.2 Å². The lowest BCUT2D eigenvalue weighted by molar-refractivity contribution is -0.141. The second kappa shape index (κ2) is 7.24. The Labute approximate surface area is 109 Å². The molecule has 1 unspecified atom stereocenters. The number of rotatable bonds is 6. The third-order valence-corrected chi connectivity index (χ3v) is 2.85. The summed E-state index contributed by atoms with van der Waals surface area (Å²) in [5, 5.41) is 14.5. The molecule has 18 heavy (non-hydrogen) atoms. The van der Waals surface area contributed by atoms with Crippen molar-refractivity contribution in [1.82, 2.24) is 10.6 Å². The van der Waals surface area contributed by atoms with Crippen molar-refractivity contribution in [2.24, 2.45) is 5.41 Å². The first kappa shape index (κ1) is 16.7. The second-order valence-electron chi connectivity index (χ2n) is 5.65. The van der Waals surface area contributed by atoms with Gasteiger partial charge in [-0.05, 0) is 18.3 Å². The van der Waals surface area contributed by atoms with Crippen molar-refractivity contribution in [3.8, 4) is 0 Å².